The lowest BCUT2D eigenvalue weighted by molar-refractivity contribution is -0.133. The molecule has 0 saturated heterocycles. The van der Waals surface area contributed by atoms with E-state index >= 15 is 0 Å². The maximum atomic E-state index is 11.5. The van der Waals surface area contributed by atoms with Crippen molar-refractivity contribution >= 4 is 27.5 Å². The highest BCUT2D eigenvalue weighted by atomic mass is 79.9. The van der Waals surface area contributed by atoms with Crippen LogP contribution in [-0.2, 0) is 19.6 Å². The molecule has 16 heavy (non-hydrogen) atoms. The molecule has 0 spiro atoms. The molecule has 0 atom stereocenters. The molecule has 0 heterocycles. The van der Waals surface area contributed by atoms with Crippen molar-refractivity contribution in [3.8, 4) is 0 Å². The summed E-state index contributed by atoms with van der Waals surface area (Å²) < 4.78 is 9.57. The van der Waals surface area contributed by atoms with Crippen molar-refractivity contribution in [3.05, 3.63) is 41.7 Å². The molecule has 3 nitrogen and oxygen atoms in total. The van der Waals surface area contributed by atoms with E-state index in [-0.39, 0.29) is 0 Å². The Hall–Kier alpha value is -1.29. The van der Waals surface area contributed by atoms with Gasteiger partial charge in [0.15, 0.2) is 0 Å². The first-order chi connectivity index (χ1) is 7.72. The zero-order valence-corrected chi connectivity index (χ0v) is 10.8. The van der Waals surface area contributed by atoms with Crippen LogP contribution in [0, 0.1) is 0 Å². The van der Waals surface area contributed by atoms with E-state index in [1.165, 1.54) is 20.5 Å². The largest absolute Gasteiger partial charge is 0.503 e. The van der Waals surface area contributed by atoms with Crippen LogP contribution >= 0.6 is 15.9 Å². The smallest absolute Gasteiger partial charge is 0.341 e. The van der Waals surface area contributed by atoms with Crippen LogP contribution in [0.1, 0.15) is 11.1 Å². The van der Waals surface area contributed by atoms with Gasteiger partial charge in [-0.25, -0.2) is 4.79 Å². The normalized spacial score (nSPS) is 11.1. The highest BCUT2D eigenvalue weighted by molar-refractivity contribution is 9.08. The molecule has 1 aromatic carbocycles. The van der Waals surface area contributed by atoms with Gasteiger partial charge in [-0.1, -0.05) is 34.1 Å². The van der Waals surface area contributed by atoms with Gasteiger partial charge in [-0.3, -0.25) is 0 Å². The fourth-order valence-electron chi connectivity index (χ4n) is 1.28. The number of ether oxygens (including phenoxy) is 2. The first-order valence-corrected chi connectivity index (χ1v) is 5.81. The highest BCUT2D eigenvalue weighted by Crippen LogP contribution is 2.18. The second-order valence-corrected chi connectivity index (χ2v) is 3.65. The summed E-state index contributed by atoms with van der Waals surface area (Å²) in [6.45, 7) is 0. The van der Waals surface area contributed by atoms with E-state index in [0.717, 1.165) is 16.5 Å². The Morgan fingerprint density at radius 2 is 2.19 bits per heavy atom. The topological polar surface area (TPSA) is 35.5 Å². The molecule has 0 amide bonds. The van der Waals surface area contributed by atoms with E-state index < -0.39 is 5.97 Å². The molecule has 0 aliphatic heterocycles. The Morgan fingerprint density at radius 3 is 2.75 bits per heavy atom. The Bertz CT molecular complexity index is 399. The third kappa shape index (κ3) is 3.10. The van der Waals surface area contributed by atoms with Crippen molar-refractivity contribution in [3.63, 3.8) is 0 Å². The van der Waals surface area contributed by atoms with E-state index in [4.69, 9.17) is 9.47 Å². The second kappa shape index (κ2) is 6.33. The molecule has 0 unspecified atom stereocenters. The predicted octanol–water partition coefficient (Wildman–Crippen LogP) is 2.74. The van der Waals surface area contributed by atoms with Gasteiger partial charge in [-0.15, -0.1) is 0 Å². The van der Waals surface area contributed by atoms with Crippen LogP contribution in [0.5, 0.6) is 0 Å². The summed E-state index contributed by atoms with van der Waals surface area (Å²) in [7, 11) is 2.84. The van der Waals surface area contributed by atoms with Gasteiger partial charge < -0.3 is 9.47 Å². The van der Waals surface area contributed by atoms with Gasteiger partial charge in [0, 0.05) is 5.33 Å². The van der Waals surface area contributed by atoms with Crippen LogP contribution in [0.4, 0.5) is 0 Å². The minimum Gasteiger partial charge on any atom is -0.503 e. The molecule has 0 N–H and O–H groups in total. The lowest BCUT2D eigenvalue weighted by Gasteiger charge is -2.06. The van der Waals surface area contributed by atoms with E-state index in [0.29, 0.717) is 5.57 Å². The summed E-state index contributed by atoms with van der Waals surface area (Å²) in [5, 5.41) is 0.738. The number of carbonyl (C=O) groups is 1. The van der Waals surface area contributed by atoms with Crippen molar-refractivity contribution in [1.82, 2.24) is 0 Å². The maximum absolute atomic E-state index is 11.5. The van der Waals surface area contributed by atoms with E-state index in [2.05, 4.69) is 15.9 Å². The number of hydrogen-bond donors (Lipinski definition) is 0. The predicted molar refractivity (Wildman–Crippen MR) is 66.1 cm³/mol. The zero-order valence-electron chi connectivity index (χ0n) is 9.20. The number of halogens is 1. The van der Waals surface area contributed by atoms with Gasteiger partial charge in [0.05, 0.1) is 20.5 Å². The molecular formula is C12H13BrO3. The van der Waals surface area contributed by atoms with Crippen LogP contribution in [0.25, 0.3) is 5.57 Å². The number of esters is 1. The molecule has 0 aliphatic carbocycles. The third-order valence-electron chi connectivity index (χ3n) is 2.03. The summed E-state index contributed by atoms with van der Waals surface area (Å²) in [6, 6.07) is 7.61. The summed E-state index contributed by atoms with van der Waals surface area (Å²) in [4.78, 5) is 11.5. The standard InChI is InChI=1S/C12H13BrO3/c1-15-8-11(12(14)16-2)10-5-3-4-9(6-10)7-13/h3-6,8H,7H2,1-2H3/b11-8-. The molecule has 86 valence electrons. The second-order valence-electron chi connectivity index (χ2n) is 3.09. The Balaban J connectivity index is 3.11. The van der Waals surface area contributed by atoms with Gasteiger partial charge in [0.25, 0.3) is 0 Å². The summed E-state index contributed by atoms with van der Waals surface area (Å²) >= 11 is 3.37. The van der Waals surface area contributed by atoms with Gasteiger partial charge in [-0.2, -0.15) is 0 Å². The molecule has 0 saturated carbocycles. The number of alkyl halides is 1. The van der Waals surface area contributed by atoms with E-state index in [1.807, 2.05) is 24.3 Å². The molecule has 0 radical (unpaired) electrons. The molecule has 1 rings (SSSR count). The summed E-state index contributed by atoms with van der Waals surface area (Å²) in [5.74, 6) is -0.409. The fraction of sp³-hybridized carbons (Fsp3) is 0.250. The minimum absolute atomic E-state index is 0.409. The van der Waals surface area contributed by atoms with Crippen LogP contribution < -0.4 is 0 Å². The SMILES string of the molecule is CO/C=C(\C(=O)OC)c1cccc(CBr)c1. The van der Waals surface area contributed by atoms with Crippen LogP contribution in [0.15, 0.2) is 30.5 Å². The Morgan fingerprint density at radius 1 is 1.44 bits per heavy atom. The van der Waals surface area contributed by atoms with Crippen LogP contribution in [0.2, 0.25) is 0 Å². The van der Waals surface area contributed by atoms with E-state index in [9.17, 15) is 4.79 Å². The Kier molecular flexibility index (Phi) is 5.05. The number of methoxy groups -OCH3 is 2. The van der Waals surface area contributed by atoms with Crippen molar-refractivity contribution < 1.29 is 14.3 Å². The first-order valence-electron chi connectivity index (χ1n) is 4.69. The molecule has 0 bridgehead atoms. The zero-order chi connectivity index (χ0) is 12.0. The van der Waals surface area contributed by atoms with Gasteiger partial charge >= 0.3 is 5.97 Å². The highest BCUT2D eigenvalue weighted by Gasteiger charge is 2.12. The summed E-state index contributed by atoms with van der Waals surface area (Å²) in [6.07, 6.45) is 1.39. The maximum Gasteiger partial charge on any atom is 0.341 e. The number of hydrogen-bond acceptors (Lipinski definition) is 3. The summed E-state index contributed by atoms with van der Waals surface area (Å²) in [5.41, 5.74) is 2.28. The van der Waals surface area contributed by atoms with E-state index in [1.54, 1.807) is 0 Å². The average Bonchev–Trinajstić information content (AvgIpc) is 2.35. The minimum atomic E-state index is -0.409. The molecular weight excluding hydrogens is 272 g/mol. The number of carbonyl (C=O) groups excluding carboxylic acids is 1. The van der Waals surface area contributed by atoms with Crippen molar-refractivity contribution in [2.75, 3.05) is 14.2 Å². The third-order valence-corrected chi connectivity index (χ3v) is 2.68. The number of benzene rings is 1. The van der Waals surface area contributed by atoms with Gasteiger partial charge in [-0.05, 0) is 17.2 Å². The molecule has 0 aliphatic rings. The lowest BCUT2D eigenvalue weighted by Crippen LogP contribution is -2.04. The first kappa shape index (κ1) is 12.8. The quantitative estimate of drug-likeness (QED) is 0.369. The van der Waals surface area contributed by atoms with Crippen molar-refractivity contribution in [1.29, 1.82) is 0 Å². The van der Waals surface area contributed by atoms with Crippen LogP contribution in [0.3, 0.4) is 0 Å². The molecule has 0 fully saturated rings. The van der Waals surface area contributed by atoms with Gasteiger partial charge in [0.2, 0.25) is 0 Å². The van der Waals surface area contributed by atoms with Gasteiger partial charge in [0.1, 0.15) is 5.57 Å². The molecule has 0 aromatic heterocycles. The molecule has 4 heteroatoms. The fourth-order valence-corrected chi connectivity index (χ4v) is 1.63. The van der Waals surface area contributed by atoms with Crippen molar-refractivity contribution in [2.24, 2.45) is 0 Å². The van der Waals surface area contributed by atoms with Crippen molar-refractivity contribution in [2.45, 2.75) is 5.33 Å². The Labute approximate surface area is 103 Å². The lowest BCUT2D eigenvalue weighted by atomic mass is 10.1. The van der Waals surface area contributed by atoms with Crippen LogP contribution in [-0.4, -0.2) is 20.2 Å². The monoisotopic (exact) mass is 284 g/mol. The molecule has 1 aromatic rings. The number of rotatable bonds is 4. The average molecular weight is 285 g/mol.